The molecule has 0 aliphatic carbocycles. The molecule has 1 aliphatic rings. The second-order valence-corrected chi connectivity index (χ2v) is 5.21. The van der Waals surface area contributed by atoms with E-state index in [9.17, 15) is 5.26 Å². The maximum absolute atomic E-state index is 9.55. The number of nitrogens with one attached hydrogen (secondary N) is 1. The first kappa shape index (κ1) is 13.4. The van der Waals surface area contributed by atoms with Gasteiger partial charge in [-0.05, 0) is 37.5 Å². The van der Waals surface area contributed by atoms with E-state index < -0.39 is 0 Å². The van der Waals surface area contributed by atoms with Gasteiger partial charge in [0.1, 0.15) is 17.5 Å². The summed E-state index contributed by atoms with van der Waals surface area (Å²) in [6, 6.07) is 14.1. The van der Waals surface area contributed by atoms with Gasteiger partial charge in [0, 0.05) is 25.0 Å². The third-order valence-corrected chi connectivity index (χ3v) is 3.75. The van der Waals surface area contributed by atoms with Gasteiger partial charge in [-0.25, -0.2) is 4.98 Å². The fraction of sp³-hybridized carbons (Fsp3) is 0.294. The van der Waals surface area contributed by atoms with Gasteiger partial charge in [-0.15, -0.1) is 0 Å². The Hall–Kier alpha value is -2.54. The number of anilines is 3. The molecule has 1 N–H and O–H groups in total. The van der Waals surface area contributed by atoms with Crippen LogP contribution in [-0.2, 0) is 0 Å². The van der Waals surface area contributed by atoms with Crippen molar-refractivity contribution in [2.24, 2.45) is 0 Å². The SMILES string of the molecule is N#Cc1c(Nc2ccccc2)ccnc1N1CCCCC1. The minimum atomic E-state index is 0.628. The number of nitrogens with zero attached hydrogens (tertiary/aromatic N) is 3. The Balaban J connectivity index is 1.92. The van der Waals surface area contributed by atoms with E-state index in [1.807, 2.05) is 36.4 Å². The quantitative estimate of drug-likeness (QED) is 0.930. The second-order valence-electron chi connectivity index (χ2n) is 5.21. The molecule has 2 aromatic rings. The number of nitriles is 1. The Morgan fingerprint density at radius 2 is 1.81 bits per heavy atom. The first-order valence-electron chi connectivity index (χ1n) is 7.34. The van der Waals surface area contributed by atoms with Gasteiger partial charge in [0.25, 0.3) is 0 Å². The molecule has 106 valence electrons. The van der Waals surface area contributed by atoms with Gasteiger partial charge in [0.2, 0.25) is 0 Å². The summed E-state index contributed by atoms with van der Waals surface area (Å²) in [5.41, 5.74) is 2.42. The van der Waals surface area contributed by atoms with Crippen LogP contribution in [0.15, 0.2) is 42.6 Å². The molecule has 0 atom stereocenters. The number of benzene rings is 1. The lowest BCUT2D eigenvalue weighted by molar-refractivity contribution is 0.573. The highest BCUT2D eigenvalue weighted by Crippen LogP contribution is 2.28. The third-order valence-electron chi connectivity index (χ3n) is 3.75. The number of hydrogen-bond donors (Lipinski definition) is 1. The molecule has 1 aromatic heterocycles. The zero-order valence-corrected chi connectivity index (χ0v) is 11.9. The Labute approximate surface area is 125 Å². The van der Waals surface area contributed by atoms with Crippen LogP contribution in [0.25, 0.3) is 0 Å². The molecule has 1 fully saturated rings. The first-order chi connectivity index (χ1) is 10.4. The predicted octanol–water partition coefficient (Wildman–Crippen LogP) is 3.69. The average molecular weight is 278 g/mol. The minimum Gasteiger partial charge on any atom is -0.355 e. The largest absolute Gasteiger partial charge is 0.355 e. The first-order valence-corrected chi connectivity index (χ1v) is 7.34. The van der Waals surface area contributed by atoms with Crippen molar-refractivity contribution in [1.29, 1.82) is 5.26 Å². The van der Waals surface area contributed by atoms with E-state index in [1.165, 1.54) is 19.3 Å². The predicted molar refractivity (Wildman–Crippen MR) is 84.7 cm³/mol. The highest BCUT2D eigenvalue weighted by molar-refractivity contribution is 5.73. The lowest BCUT2D eigenvalue weighted by Crippen LogP contribution is -2.31. The van der Waals surface area contributed by atoms with E-state index in [0.717, 1.165) is 30.3 Å². The monoisotopic (exact) mass is 278 g/mol. The number of hydrogen-bond acceptors (Lipinski definition) is 4. The van der Waals surface area contributed by atoms with Crippen LogP contribution >= 0.6 is 0 Å². The van der Waals surface area contributed by atoms with Crippen molar-refractivity contribution in [2.45, 2.75) is 19.3 Å². The van der Waals surface area contributed by atoms with Crippen molar-refractivity contribution in [2.75, 3.05) is 23.3 Å². The molecular formula is C17H18N4. The summed E-state index contributed by atoms with van der Waals surface area (Å²) in [7, 11) is 0. The standard InChI is InChI=1S/C17H18N4/c18-13-15-16(20-14-7-3-1-4-8-14)9-10-19-17(15)21-11-5-2-6-12-21/h1,3-4,7-10H,2,5-6,11-12H2,(H,19,20). The molecule has 1 aromatic carbocycles. The molecule has 1 saturated heterocycles. The summed E-state index contributed by atoms with van der Waals surface area (Å²) in [5.74, 6) is 0.804. The Bertz CT molecular complexity index is 640. The van der Waals surface area contributed by atoms with Crippen LogP contribution < -0.4 is 10.2 Å². The van der Waals surface area contributed by atoms with E-state index >= 15 is 0 Å². The van der Waals surface area contributed by atoms with Crippen LogP contribution in [0.2, 0.25) is 0 Å². The van der Waals surface area contributed by atoms with Crippen molar-refractivity contribution in [3.8, 4) is 6.07 Å². The molecule has 0 saturated carbocycles. The molecule has 0 amide bonds. The zero-order chi connectivity index (χ0) is 14.5. The smallest absolute Gasteiger partial charge is 0.148 e. The van der Waals surface area contributed by atoms with Crippen molar-refractivity contribution in [1.82, 2.24) is 4.98 Å². The number of pyridine rings is 1. The van der Waals surface area contributed by atoms with Crippen LogP contribution in [0, 0.1) is 11.3 Å². The van der Waals surface area contributed by atoms with Gasteiger partial charge in [0.15, 0.2) is 0 Å². The van der Waals surface area contributed by atoms with E-state index in [-0.39, 0.29) is 0 Å². The average Bonchev–Trinajstić information content (AvgIpc) is 2.56. The molecular weight excluding hydrogens is 260 g/mol. The van der Waals surface area contributed by atoms with E-state index in [0.29, 0.717) is 5.56 Å². The normalized spacial score (nSPS) is 14.5. The molecule has 1 aliphatic heterocycles. The number of para-hydroxylation sites is 1. The van der Waals surface area contributed by atoms with Gasteiger partial charge in [-0.2, -0.15) is 5.26 Å². The van der Waals surface area contributed by atoms with Crippen LogP contribution in [0.3, 0.4) is 0 Å². The molecule has 0 radical (unpaired) electrons. The maximum Gasteiger partial charge on any atom is 0.148 e. The minimum absolute atomic E-state index is 0.628. The molecule has 0 bridgehead atoms. The van der Waals surface area contributed by atoms with Crippen molar-refractivity contribution in [3.63, 3.8) is 0 Å². The van der Waals surface area contributed by atoms with Crippen LogP contribution in [-0.4, -0.2) is 18.1 Å². The van der Waals surface area contributed by atoms with E-state index in [4.69, 9.17) is 0 Å². The summed E-state index contributed by atoms with van der Waals surface area (Å²) in [4.78, 5) is 6.66. The molecule has 4 heteroatoms. The third kappa shape index (κ3) is 2.97. The lowest BCUT2D eigenvalue weighted by Gasteiger charge is -2.28. The molecule has 2 heterocycles. The Morgan fingerprint density at radius 3 is 2.52 bits per heavy atom. The number of aromatic nitrogens is 1. The van der Waals surface area contributed by atoms with Crippen molar-refractivity contribution in [3.05, 3.63) is 48.2 Å². The van der Waals surface area contributed by atoms with Gasteiger partial charge in [-0.3, -0.25) is 0 Å². The maximum atomic E-state index is 9.55. The van der Waals surface area contributed by atoms with Gasteiger partial charge < -0.3 is 10.2 Å². The fourth-order valence-corrected chi connectivity index (χ4v) is 2.69. The summed E-state index contributed by atoms with van der Waals surface area (Å²) < 4.78 is 0. The molecule has 0 spiro atoms. The van der Waals surface area contributed by atoms with Gasteiger partial charge in [0.05, 0.1) is 5.69 Å². The van der Waals surface area contributed by atoms with E-state index in [2.05, 4.69) is 21.3 Å². The summed E-state index contributed by atoms with van der Waals surface area (Å²) in [6.07, 6.45) is 5.38. The lowest BCUT2D eigenvalue weighted by atomic mass is 10.1. The van der Waals surface area contributed by atoms with E-state index in [1.54, 1.807) is 6.20 Å². The molecule has 4 nitrogen and oxygen atoms in total. The molecule has 21 heavy (non-hydrogen) atoms. The highest BCUT2D eigenvalue weighted by Gasteiger charge is 2.18. The van der Waals surface area contributed by atoms with Crippen LogP contribution in [0.5, 0.6) is 0 Å². The van der Waals surface area contributed by atoms with Crippen LogP contribution in [0.1, 0.15) is 24.8 Å². The Kier molecular flexibility index (Phi) is 4.02. The van der Waals surface area contributed by atoms with Gasteiger partial charge >= 0.3 is 0 Å². The summed E-state index contributed by atoms with van der Waals surface area (Å²) >= 11 is 0. The topological polar surface area (TPSA) is 52.0 Å². The number of rotatable bonds is 3. The summed E-state index contributed by atoms with van der Waals surface area (Å²) in [6.45, 7) is 1.97. The van der Waals surface area contributed by atoms with Crippen LogP contribution in [0.4, 0.5) is 17.2 Å². The zero-order valence-electron chi connectivity index (χ0n) is 11.9. The second kappa shape index (κ2) is 6.27. The highest BCUT2D eigenvalue weighted by atomic mass is 15.2. The van der Waals surface area contributed by atoms with Crippen molar-refractivity contribution < 1.29 is 0 Å². The van der Waals surface area contributed by atoms with Gasteiger partial charge in [-0.1, -0.05) is 18.2 Å². The summed E-state index contributed by atoms with van der Waals surface area (Å²) in [5, 5.41) is 12.9. The fourth-order valence-electron chi connectivity index (χ4n) is 2.69. The Morgan fingerprint density at radius 1 is 1.05 bits per heavy atom. The van der Waals surface area contributed by atoms with Crippen molar-refractivity contribution >= 4 is 17.2 Å². The number of piperidine rings is 1. The molecule has 0 unspecified atom stereocenters. The molecule has 3 rings (SSSR count).